The maximum Gasteiger partial charge on any atom is 0.152 e. The highest BCUT2D eigenvalue weighted by Gasteiger charge is 1.93. The van der Waals surface area contributed by atoms with Gasteiger partial charge >= 0.3 is 0 Å². The molecule has 0 aromatic heterocycles. The van der Waals surface area contributed by atoms with E-state index in [0.717, 1.165) is 6.29 Å². The van der Waals surface area contributed by atoms with Crippen molar-refractivity contribution in [3.05, 3.63) is 29.8 Å². The summed E-state index contributed by atoms with van der Waals surface area (Å²) in [6.07, 6.45) is 0.768. The molecular weight excluding hydrogens is 126 g/mol. The number of rotatable bonds is 2. The fourth-order valence-electron chi connectivity index (χ4n) is 0.731. The lowest BCUT2D eigenvalue weighted by Gasteiger charge is -1.93. The van der Waals surface area contributed by atoms with Crippen molar-refractivity contribution >= 4 is 18.7 Å². The Hall–Kier alpha value is -1.44. The van der Waals surface area contributed by atoms with Crippen molar-refractivity contribution in [1.29, 1.82) is 0 Å². The molecule has 0 spiro atoms. The van der Waals surface area contributed by atoms with Gasteiger partial charge in [-0.15, -0.1) is 0 Å². The molecule has 1 rings (SSSR count). The van der Waals surface area contributed by atoms with Crippen molar-refractivity contribution in [1.82, 2.24) is 0 Å². The van der Waals surface area contributed by atoms with Crippen molar-refractivity contribution in [3.8, 4) is 0 Å². The standard InChI is InChI=1S/C8H7NO/c1-9-8-5-3-2-4-7(8)6-10/h2-6H,1H2. The van der Waals surface area contributed by atoms with E-state index in [9.17, 15) is 4.79 Å². The molecule has 0 aliphatic rings. The van der Waals surface area contributed by atoms with Gasteiger partial charge in [0.05, 0.1) is 5.69 Å². The molecule has 0 atom stereocenters. The number of benzene rings is 1. The Labute approximate surface area is 59.2 Å². The van der Waals surface area contributed by atoms with Crippen LogP contribution in [0.1, 0.15) is 10.4 Å². The number of carbonyl (C=O) groups excluding carboxylic acids is 1. The van der Waals surface area contributed by atoms with E-state index in [0.29, 0.717) is 11.3 Å². The second-order valence-electron chi connectivity index (χ2n) is 1.83. The molecule has 0 saturated heterocycles. The minimum absolute atomic E-state index is 0.581. The van der Waals surface area contributed by atoms with Crippen LogP contribution in [0.3, 0.4) is 0 Å². The average molecular weight is 133 g/mol. The SMILES string of the molecule is C=Nc1ccccc1C=O. The van der Waals surface area contributed by atoms with Gasteiger partial charge < -0.3 is 0 Å². The summed E-state index contributed by atoms with van der Waals surface area (Å²) in [4.78, 5) is 14.0. The third-order valence-electron chi connectivity index (χ3n) is 1.23. The van der Waals surface area contributed by atoms with E-state index < -0.39 is 0 Å². The Kier molecular flexibility index (Phi) is 1.95. The minimum Gasteiger partial charge on any atom is -0.298 e. The number of carbonyl (C=O) groups is 1. The van der Waals surface area contributed by atoms with E-state index in [1.165, 1.54) is 0 Å². The van der Waals surface area contributed by atoms with Gasteiger partial charge in [0, 0.05) is 5.56 Å². The number of aliphatic imine (C=N–C) groups is 1. The summed E-state index contributed by atoms with van der Waals surface area (Å²) in [6, 6.07) is 7.06. The second-order valence-corrected chi connectivity index (χ2v) is 1.83. The molecule has 0 saturated carbocycles. The zero-order valence-electron chi connectivity index (χ0n) is 5.45. The molecule has 1 aromatic rings. The first-order valence-electron chi connectivity index (χ1n) is 2.89. The minimum atomic E-state index is 0.581. The van der Waals surface area contributed by atoms with E-state index in [2.05, 4.69) is 11.7 Å². The Morgan fingerprint density at radius 1 is 1.40 bits per heavy atom. The Morgan fingerprint density at radius 2 is 2.10 bits per heavy atom. The first kappa shape index (κ1) is 6.68. The van der Waals surface area contributed by atoms with Crippen molar-refractivity contribution in [3.63, 3.8) is 0 Å². The van der Waals surface area contributed by atoms with E-state index in [1.54, 1.807) is 18.2 Å². The molecule has 0 heterocycles. The molecule has 0 aliphatic heterocycles. The van der Waals surface area contributed by atoms with Gasteiger partial charge in [0.25, 0.3) is 0 Å². The van der Waals surface area contributed by atoms with E-state index in [-0.39, 0.29) is 0 Å². The molecule has 0 amide bonds. The molecule has 0 fully saturated rings. The average Bonchev–Trinajstić information content (AvgIpc) is 2.04. The van der Waals surface area contributed by atoms with Crippen molar-refractivity contribution in [2.45, 2.75) is 0 Å². The van der Waals surface area contributed by atoms with Gasteiger partial charge in [0.2, 0.25) is 0 Å². The topological polar surface area (TPSA) is 29.4 Å². The van der Waals surface area contributed by atoms with E-state index >= 15 is 0 Å². The number of nitrogens with zero attached hydrogens (tertiary/aromatic N) is 1. The Bertz CT molecular complexity index is 228. The van der Waals surface area contributed by atoms with Gasteiger partial charge in [-0.3, -0.25) is 9.79 Å². The molecule has 0 radical (unpaired) electrons. The van der Waals surface area contributed by atoms with Gasteiger partial charge in [0.1, 0.15) is 0 Å². The first-order chi connectivity index (χ1) is 4.88. The predicted molar refractivity (Wildman–Crippen MR) is 41.0 cm³/mol. The summed E-state index contributed by atoms with van der Waals surface area (Å²) in [7, 11) is 0. The van der Waals surface area contributed by atoms with Crippen molar-refractivity contribution in [2.24, 2.45) is 4.99 Å². The molecule has 10 heavy (non-hydrogen) atoms. The fourth-order valence-corrected chi connectivity index (χ4v) is 0.731. The number of hydrogen-bond acceptors (Lipinski definition) is 2. The van der Waals surface area contributed by atoms with Crippen molar-refractivity contribution < 1.29 is 4.79 Å². The number of para-hydroxylation sites is 1. The summed E-state index contributed by atoms with van der Waals surface area (Å²) in [5.74, 6) is 0. The van der Waals surface area contributed by atoms with Crippen molar-refractivity contribution in [2.75, 3.05) is 0 Å². The zero-order valence-corrected chi connectivity index (χ0v) is 5.45. The summed E-state index contributed by atoms with van der Waals surface area (Å²) >= 11 is 0. The predicted octanol–water partition coefficient (Wildman–Crippen LogP) is 1.83. The third-order valence-corrected chi connectivity index (χ3v) is 1.23. The smallest absolute Gasteiger partial charge is 0.152 e. The van der Waals surface area contributed by atoms with Crippen LogP contribution in [0.15, 0.2) is 29.3 Å². The first-order valence-corrected chi connectivity index (χ1v) is 2.89. The fraction of sp³-hybridized carbons (Fsp3) is 0. The zero-order chi connectivity index (χ0) is 7.40. The van der Waals surface area contributed by atoms with Gasteiger partial charge in [-0.05, 0) is 18.9 Å². The van der Waals surface area contributed by atoms with Crippen LogP contribution in [0.2, 0.25) is 0 Å². The van der Waals surface area contributed by atoms with E-state index in [4.69, 9.17) is 0 Å². The van der Waals surface area contributed by atoms with Crippen LogP contribution < -0.4 is 0 Å². The van der Waals surface area contributed by atoms with Gasteiger partial charge in [0.15, 0.2) is 6.29 Å². The maximum absolute atomic E-state index is 10.3. The Morgan fingerprint density at radius 3 is 2.60 bits per heavy atom. The van der Waals surface area contributed by atoms with Crippen LogP contribution in [0.25, 0.3) is 0 Å². The molecule has 0 unspecified atom stereocenters. The molecule has 2 nitrogen and oxygen atoms in total. The van der Waals surface area contributed by atoms with Crippen LogP contribution >= 0.6 is 0 Å². The molecular formula is C8H7NO. The highest BCUT2D eigenvalue weighted by molar-refractivity contribution is 5.83. The summed E-state index contributed by atoms with van der Waals surface area (Å²) in [5, 5.41) is 0. The molecule has 50 valence electrons. The molecule has 0 bridgehead atoms. The summed E-state index contributed by atoms with van der Waals surface area (Å²) in [5.41, 5.74) is 1.22. The van der Waals surface area contributed by atoms with Gasteiger partial charge in [-0.1, -0.05) is 12.1 Å². The lowest BCUT2D eigenvalue weighted by Crippen LogP contribution is -1.77. The molecule has 1 aromatic carbocycles. The quantitative estimate of drug-likeness (QED) is 0.447. The number of hydrogen-bond donors (Lipinski definition) is 0. The van der Waals surface area contributed by atoms with Crippen LogP contribution in [0, 0.1) is 0 Å². The summed E-state index contributed by atoms with van der Waals surface area (Å²) in [6.45, 7) is 3.33. The highest BCUT2D eigenvalue weighted by atomic mass is 16.1. The second kappa shape index (κ2) is 2.92. The third kappa shape index (κ3) is 1.10. The molecule has 0 aliphatic carbocycles. The van der Waals surface area contributed by atoms with Gasteiger partial charge in [-0.25, -0.2) is 0 Å². The lowest BCUT2D eigenvalue weighted by atomic mass is 10.2. The monoisotopic (exact) mass is 133 g/mol. The van der Waals surface area contributed by atoms with Crippen LogP contribution in [0.4, 0.5) is 5.69 Å². The van der Waals surface area contributed by atoms with Gasteiger partial charge in [-0.2, -0.15) is 0 Å². The largest absolute Gasteiger partial charge is 0.298 e. The van der Waals surface area contributed by atoms with E-state index in [1.807, 2.05) is 6.07 Å². The normalized spacial score (nSPS) is 8.80. The number of aldehydes is 1. The Balaban J connectivity index is 3.20. The maximum atomic E-state index is 10.3. The molecule has 0 N–H and O–H groups in total. The van der Waals surface area contributed by atoms with Crippen LogP contribution in [0.5, 0.6) is 0 Å². The lowest BCUT2D eigenvalue weighted by molar-refractivity contribution is 0.112. The highest BCUT2D eigenvalue weighted by Crippen LogP contribution is 2.14. The summed E-state index contributed by atoms with van der Waals surface area (Å²) < 4.78 is 0. The van der Waals surface area contributed by atoms with Crippen LogP contribution in [-0.4, -0.2) is 13.0 Å². The van der Waals surface area contributed by atoms with Crippen LogP contribution in [-0.2, 0) is 0 Å². The molecule has 2 heteroatoms.